The van der Waals surface area contributed by atoms with Crippen LogP contribution in [-0.4, -0.2) is 27.4 Å². The van der Waals surface area contributed by atoms with E-state index in [0.29, 0.717) is 35.2 Å². The first-order valence-corrected chi connectivity index (χ1v) is 7.95. The molecule has 4 nitrogen and oxygen atoms in total. The summed E-state index contributed by atoms with van der Waals surface area (Å²) in [7, 11) is 3.20. The van der Waals surface area contributed by atoms with E-state index < -0.39 is 0 Å². The molecule has 0 radical (unpaired) electrons. The van der Waals surface area contributed by atoms with Crippen LogP contribution >= 0.6 is 24.0 Å². The zero-order valence-corrected chi connectivity index (χ0v) is 15.8. The molecule has 25 heavy (non-hydrogen) atoms. The minimum absolute atomic E-state index is 0. The molecule has 0 aliphatic carbocycles. The van der Waals surface area contributed by atoms with Crippen molar-refractivity contribution in [3.8, 4) is 11.5 Å². The Labute approximate surface area is 158 Å². The van der Waals surface area contributed by atoms with Gasteiger partial charge in [0, 0.05) is 25.8 Å². The van der Waals surface area contributed by atoms with Gasteiger partial charge in [-0.1, -0.05) is 29.8 Å². The summed E-state index contributed by atoms with van der Waals surface area (Å²) in [5, 5.41) is 3.66. The van der Waals surface area contributed by atoms with Gasteiger partial charge < -0.3 is 19.5 Å². The van der Waals surface area contributed by atoms with Gasteiger partial charge in [0.1, 0.15) is 12.4 Å². The maximum atomic E-state index is 13.7. The quantitative estimate of drug-likeness (QED) is 0.651. The van der Waals surface area contributed by atoms with Gasteiger partial charge in [-0.3, -0.25) is 0 Å². The summed E-state index contributed by atoms with van der Waals surface area (Å²) in [6.45, 7) is 2.08. The molecule has 0 fully saturated rings. The van der Waals surface area contributed by atoms with E-state index in [0.717, 1.165) is 12.1 Å². The second-order valence-corrected chi connectivity index (χ2v) is 5.57. The fourth-order valence-corrected chi connectivity index (χ4v) is 2.48. The SMILES string of the molecule is COCCNCc1cc(Cl)c(OCc2ccccc2F)c(OC)c1.Cl. The fourth-order valence-electron chi connectivity index (χ4n) is 2.19. The first-order chi connectivity index (χ1) is 11.7. The third-order valence-corrected chi connectivity index (χ3v) is 3.71. The number of hydrogen-bond acceptors (Lipinski definition) is 4. The molecule has 2 aromatic rings. The number of hydrogen-bond donors (Lipinski definition) is 1. The van der Waals surface area contributed by atoms with Gasteiger partial charge in [-0.25, -0.2) is 4.39 Å². The van der Waals surface area contributed by atoms with Crippen LogP contribution in [0.5, 0.6) is 11.5 Å². The Balaban J connectivity index is 0.00000312. The van der Waals surface area contributed by atoms with Crippen molar-refractivity contribution in [3.05, 3.63) is 58.4 Å². The fraction of sp³-hybridized carbons (Fsp3) is 0.333. The molecule has 0 amide bonds. The highest BCUT2D eigenvalue weighted by molar-refractivity contribution is 6.32. The standard InChI is InChI=1S/C18H21ClFNO3.ClH/c1-22-8-7-21-11-13-9-15(19)18(17(10-13)23-2)24-12-14-5-3-4-6-16(14)20;/h3-6,9-10,21H,7-8,11-12H2,1-2H3;1H. The van der Waals surface area contributed by atoms with Crippen LogP contribution in [0.15, 0.2) is 36.4 Å². The molecular weight excluding hydrogens is 368 g/mol. The van der Waals surface area contributed by atoms with Crippen LogP contribution in [-0.2, 0) is 17.9 Å². The molecule has 0 spiro atoms. The molecular formula is C18H22Cl2FNO3. The molecule has 0 atom stereocenters. The number of halogens is 3. The Morgan fingerprint density at radius 1 is 1.16 bits per heavy atom. The predicted molar refractivity (Wildman–Crippen MR) is 99.6 cm³/mol. The summed E-state index contributed by atoms with van der Waals surface area (Å²) in [5.74, 6) is 0.608. The normalized spacial score (nSPS) is 10.2. The van der Waals surface area contributed by atoms with Gasteiger partial charge in [-0.05, 0) is 23.8 Å². The van der Waals surface area contributed by atoms with Crippen LogP contribution in [0.25, 0.3) is 0 Å². The maximum Gasteiger partial charge on any atom is 0.180 e. The number of ether oxygens (including phenoxy) is 3. The van der Waals surface area contributed by atoms with E-state index in [-0.39, 0.29) is 24.8 Å². The monoisotopic (exact) mass is 389 g/mol. The van der Waals surface area contributed by atoms with Crippen molar-refractivity contribution in [2.75, 3.05) is 27.4 Å². The average Bonchev–Trinajstić information content (AvgIpc) is 2.58. The lowest BCUT2D eigenvalue weighted by Gasteiger charge is -2.15. The van der Waals surface area contributed by atoms with Gasteiger partial charge in [0.05, 0.1) is 18.7 Å². The van der Waals surface area contributed by atoms with E-state index >= 15 is 0 Å². The Bertz CT molecular complexity index is 671. The van der Waals surface area contributed by atoms with Gasteiger partial charge in [-0.2, -0.15) is 0 Å². The minimum atomic E-state index is -0.313. The van der Waals surface area contributed by atoms with Crippen molar-refractivity contribution < 1.29 is 18.6 Å². The molecule has 1 N–H and O–H groups in total. The van der Waals surface area contributed by atoms with Crippen LogP contribution in [0, 0.1) is 5.82 Å². The van der Waals surface area contributed by atoms with Gasteiger partial charge in [0.15, 0.2) is 11.5 Å². The second kappa shape index (κ2) is 11.2. The predicted octanol–water partition coefficient (Wildman–Crippen LogP) is 4.22. The zero-order valence-electron chi connectivity index (χ0n) is 14.2. The molecule has 0 saturated heterocycles. The molecule has 2 aromatic carbocycles. The van der Waals surface area contributed by atoms with E-state index in [2.05, 4.69) is 5.32 Å². The Morgan fingerprint density at radius 3 is 2.60 bits per heavy atom. The van der Waals surface area contributed by atoms with Crippen LogP contribution in [0.2, 0.25) is 5.02 Å². The van der Waals surface area contributed by atoms with Gasteiger partial charge in [0.2, 0.25) is 0 Å². The van der Waals surface area contributed by atoms with Crippen molar-refractivity contribution in [1.82, 2.24) is 5.32 Å². The second-order valence-electron chi connectivity index (χ2n) is 5.16. The van der Waals surface area contributed by atoms with Crippen molar-refractivity contribution in [2.24, 2.45) is 0 Å². The zero-order chi connectivity index (χ0) is 17.4. The third kappa shape index (κ3) is 6.36. The molecule has 0 aromatic heterocycles. The van der Waals surface area contributed by atoms with Gasteiger partial charge >= 0.3 is 0 Å². The smallest absolute Gasteiger partial charge is 0.180 e. The first-order valence-electron chi connectivity index (χ1n) is 7.58. The van der Waals surface area contributed by atoms with Crippen LogP contribution < -0.4 is 14.8 Å². The Kier molecular flexibility index (Phi) is 9.60. The molecule has 7 heteroatoms. The maximum absolute atomic E-state index is 13.7. The van der Waals surface area contributed by atoms with Crippen LogP contribution in [0.3, 0.4) is 0 Å². The van der Waals surface area contributed by atoms with E-state index in [1.54, 1.807) is 38.5 Å². The highest BCUT2D eigenvalue weighted by atomic mass is 35.5. The van der Waals surface area contributed by atoms with Crippen molar-refractivity contribution in [1.29, 1.82) is 0 Å². The molecule has 0 bridgehead atoms. The van der Waals surface area contributed by atoms with Crippen LogP contribution in [0.1, 0.15) is 11.1 Å². The average molecular weight is 390 g/mol. The number of benzene rings is 2. The van der Waals surface area contributed by atoms with E-state index in [4.69, 9.17) is 25.8 Å². The topological polar surface area (TPSA) is 39.7 Å². The summed E-state index contributed by atoms with van der Waals surface area (Å²) in [6.07, 6.45) is 0. The summed E-state index contributed by atoms with van der Waals surface area (Å²) in [4.78, 5) is 0. The Hall–Kier alpha value is -1.53. The molecule has 0 saturated carbocycles. The van der Waals surface area contributed by atoms with E-state index in [9.17, 15) is 4.39 Å². The molecule has 0 heterocycles. The third-order valence-electron chi connectivity index (χ3n) is 3.43. The van der Waals surface area contributed by atoms with Gasteiger partial charge in [-0.15, -0.1) is 12.4 Å². The lowest BCUT2D eigenvalue weighted by Crippen LogP contribution is -2.18. The van der Waals surface area contributed by atoms with Gasteiger partial charge in [0.25, 0.3) is 0 Å². The number of rotatable bonds is 9. The molecule has 138 valence electrons. The van der Waals surface area contributed by atoms with Crippen LogP contribution in [0.4, 0.5) is 4.39 Å². The molecule has 0 aliphatic heterocycles. The van der Waals surface area contributed by atoms with E-state index in [1.807, 2.05) is 6.07 Å². The van der Waals surface area contributed by atoms with Crippen molar-refractivity contribution in [3.63, 3.8) is 0 Å². The lowest BCUT2D eigenvalue weighted by molar-refractivity contribution is 0.199. The molecule has 2 rings (SSSR count). The summed E-state index contributed by atoms with van der Waals surface area (Å²) in [6, 6.07) is 10.1. The lowest BCUT2D eigenvalue weighted by atomic mass is 10.2. The summed E-state index contributed by atoms with van der Waals surface area (Å²) in [5.41, 5.74) is 1.42. The van der Waals surface area contributed by atoms with Crippen molar-refractivity contribution >= 4 is 24.0 Å². The first kappa shape index (κ1) is 21.5. The van der Waals surface area contributed by atoms with E-state index in [1.165, 1.54) is 6.07 Å². The number of methoxy groups -OCH3 is 2. The molecule has 0 aliphatic rings. The Morgan fingerprint density at radius 2 is 1.92 bits per heavy atom. The minimum Gasteiger partial charge on any atom is -0.493 e. The largest absolute Gasteiger partial charge is 0.493 e. The number of nitrogens with one attached hydrogen (secondary N) is 1. The summed E-state index contributed by atoms with van der Waals surface area (Å²) >= 11 is 6.31. The highest BCUT2D eigenvalue weighted by Crippen LogP contribution is 2.37. The van der Waals surface area contributed by atoms with Crippen molar-refractivity contribution in [2.45, 2.75) is 13.2 Å². The highest BCUT2D eigenvalue weighted by Gasteiger charge is 2.13. The molecule has 0 unspecified atom stereocenters. The summed E-state index contributed by atoms with van der Waals surface area (Å²) < 4.78 is 29.7.